The maximum Gasteiger partial charge on any atom is 0.0696 e. The summed E-state index contributed by atoms with van der Waals surface area (Å²) in [5.74, 6) is 0. The molecule has 2 aromatic rings. The topological polar surface area (TPSA) is 15.3 Å². The van der Waals surface area contributed by atoms with Gasteiger partial charge in [0.1, 0.15) is 0 Å². The normalized spacial score (nSPS) is 18.4. The zero-order chi connectivity index (χ0) is 14.7. The van der Waals surface area contributed by atoms with Crippen molar-refractivity contribution in [2.24, 2.45) is 0 Å². The van der Waals surface area contributed by atoms with Crippen LogP contribution in [0.4, 0.5) is 0 Å². The summed E-state index contributed by atoms with van der Waals surface area (Å²) >= 11 is 1.90. The Morgan fingerprint density at radius 1 is 1.05 bits per heavy atom. The molecule has 3 rings (SSSR count). The number of nitrogens with zero attached hydrogens (tertiary/aromatic N) is 1. The number of rotatable bonds is 3. The quantitative estimate of drug-likeness (QED) is 0.928. The van der Waals surface area contributed by atoms with Crippen LogP contribution in [0.5, 0.6) is 0 Å². The van der Waals surface area contributed by atoms with Crippen LogP contribution in [0.25, 0.3) is 0 Å². The number of aryl methyl sites for hydroxylation is 2. The Hall–Kier alpha value is -1.16. The zero-order valence-electron chi connectivity index (χ0n) is 12.9. The summed E-state index contributed by atoms with van der Waals surface area (Å²) < 4.78 is 0. The molecule has 0 saturated carbocycles. The van der Waals surface area contributed by atoms with Crippen LogP contribution >= 0.6 is 11.3 Å². The highest BCUT2D eigenvalue weighted by Crippen LogP contribution is 2.33. The van der Waals surface area contributed by atoms with Crippen LogP contribution in [0.3, 0.4) is 0 Å². The summed E-state index contributed by atoms with van der Waals surface area (Å²) in [7, 11) is 0. The molecule has 1 saturated heterocycles. The summed E-state index contributed by atoms with van der Waals surface area (Å²) in [4.78, 5) is 4.11. The standard InChI is InChI=1S/C18H24N2S/c1-14-4-6-16(7-5-14)18(17-12-15(2)13-21-17)20-10-3-8-19-9-11-20/h4-7,12-13,18-19H,3,8-11H2,1-2H3. The average Bonchev–Trinajstić information content (AvgIpc) is 2.74. The van der Waals surface area contributed by atoms with E-state index < -0.39 is 0 Å². The van der Waals surface area contributed by atoms with Crippen LogP contribution in [0.2, 0.25) is 0 Å². The monoisotopic (exact) mass is 300 g/mol. The summed E-state index contributed by atoms with van der Waals surface area (Å²) in [6.07, 6.45) is 1.23. The Balaban J connectivity index is 1.95. The average molecular weight is 300 g/mol. The number of hydrogen-bond acceptors (Lipinski definition) is 3. The van der Waals surface area contributed by atoms with Crippen LogP contribution in [0.15, 0.2) is 35.7 Å². The van der Waals surface area contributed by atoms with Gasteiger partial charge >= 0.3 is 0 Å². The lowest BCUT2D eigenvalue weighted by Crippen LogP contribution is -2.32. The Bertz CT molecular complexity index is 565. The van der Waals surface area contributed by atoms with Crippen molar-refractivity contribution in [3.8, 4) is 0 Å². The van der Waals surface area contributed by atoms with Crippen LogP contribution in [0.1, 0.15) is 34.0 Å². The summed E-state index contributed by atoms with van der Waals surface area (Å²) in [6.45, 7) is 8.87. The van der Waals surface area contributed by atoms with Crippen molar-refractivity contribution in [2.75, 3.05) is 26.2 Å². The molecule has 112 valence electrons. The second kappa shape index (κ2) is 6.73. The minimum Gasteiger partial charge on any atom is -0.315 e. The van der Waals surface area contributed by atoms with Gasteiger partial charge in [-0.15, -0.1) is 11.3 Å². The van der Waals surface area contributed by atoms with E-state index in [1.54, 1.807) is 0 Å². The number of nitrogens with one attached hydrogen (secondary N) is 1. The van der Waals surface area contributed by atoms with Gasteiger partial charge in [-0.1, -0.05) is 29.8 Å². The van der Waals surface area contributed by atoms with E-state index in [2.05, 4.69) is 59.8 Å². The second-order valence-electron chi connectivity index (χ2n) is 5.98. The molecule has 2 nitrogen and oxygen atoms in total. The van der Waals surface area contributed by atoms with Gasteiger partial charge < -0.3 is 5.32 Å². The maximum absolute atomic E-state index is 3.51. The highest BCUT2D eigenvalue weighted by Gasteiger charge is 2.24. The van der Waals surface area contributed by atoms with Crippen molar-refractivity contribution < 1.29 is 0 Å². The summed E-state index contributed by atoms with van der Waals surface area (Å²) in [5.41, 5.74) is 4.13. The molecule has 1 fully saturated rings. The smallest absolute Gasteiger partial charge is 0.0696 e. The first-order chi connectivity index (χ1) is 10.2. The van der Waals surface area contributed by atoms with E-state index in [9.17, 15) is 0 Å². The predicted octanol–water partition coefficient (Wildman–Crippen LogP) is 3.75. The van der Waals surface area contributed by atoms with E-state index >= 15 is 0 Å². The highest BCUT2D eigenvalue weighted by molar-refractivity contribution is 7.10. The third-order valence-corrected chi connectivity index (χ3v) is 5.26. The zero-order valence-corrected chi connectivity index (χ0v) is 13.7. The molecule has 1 N–H and O–H groups in total. The number of benzene rings is 1. The molecule has 0 amide bonds. The van der Waals surface area contributed by atoms with Crippen molar-refractivity contribution >= 4 is 11.3 Å². The molecule has 1 atom stereocenters. The summed E-state index contributed by atoms with van der Waals surface area (Å²) in [5, 5.41) is 5.78. The van der Waals surface area contributed by atoms with Gasteiger partial charge in [0.05, 0.1) is 6.04 Å². The van der Waals surface area contributed by atoms with E-state index in [-0.39, 0.29) is 0 Å². The van der Waals surface area contributed by atoms with Gasteiger partial charge in [-0.25, -0.2) is 0 Å². The van der Waals surface area contributed by atoms with Gasteiger partial charge in [-0.3, -0.25) is 4.90 Å². The van der Waals surface area contributed by atoms with E-state index in [1.165, 1.54) is 34.5 Å². The first-order valence-corrected chi connectivity index (χ1v) is 8.68. The minimum absolute atomic E-state index is 0.407. The van der Waals surface area contributed by atoms with Crippen molar-refractivity contribution in [1.82, 2.24) is 10.2 Å². The lowest BCUT2D eigenvalue weighted by atomic mass is 10.0. The lowest BCUT2D eigenvalue weighted by molar-refractivity contribution is 0.244. The van der Waals surface area contributed by atoms with Crippen molar-refractivity contribution in [3.63, 3.8) is 0 Å². The van der Waals surface area contributed by atoms with Gasteiger partial charge in [0.25, 0.3) is 0 Å². The number of thiophene rings is 1. The lowest BCUT2D eigenvalue weighted by Gasteiger charge is -2.30. The van der Waals surface area contributed by atoms with Crippen LogP contribution in [0, 0.1) is 13.8 Å². The molecule has 1 aromatic heterocycles. The maximum atomic E-state index is 3.51. The first kappa shape index (κ1) is 14.8. The van der Waals surface area contributed by atoms with Crippen molar-refractivity contribution in [2.45, 2.75) is 26.3 Å². The fraction of sp³-hybridized carbons (Fsp3) is 0.444. The van der Waals surface area contributed by atoms with E-state index in [1.807, 2.05) is 11.3 Å². The Labute approximate surface area is 131 Å². The molecular weight excluding hydrogens is 276 g/mol. The third-order valence-electron chi connectivity index (χ3n) is 4.15. The predicted molar refractivity (Wildman–Crippen MR) is 91.1 cm³/mol. The molecular formula is C18H24N2S. The molecule has 0 aliphatic carbocycles. The SMILES string of the molecule is Cc1ccc(C(c2cc(C)cs2)N2CCCNCC2)cc1. The third kappa shape index (κ3) is 3.54. The van der Waals surface area contributed by atoms with Crippen molar-refractivity contribution in [1.29, 1.82) is 0 Å². The molecule has 1 unspecified atom stereocenters. The molecule has 21 heavy (non-hydrogen) atoms. The number of hydrogen-bond donors (Lipinski definition) is 1. The second-order valence-corrected chi connectivity index (χ2v) is 6.92. The van der Waals surface area contributed by atoms with Gasteiger partial charge in [-0.2, -0.15) is 0 Å². The molecule has 1 aliphatic heterocycles. The summed E-state index contributed by atoms with van der Waals surface area (Å²) in [6, 6.07) is 11.8. The van der Waals surface area contributed by atoms with Gasteiger partial charge in [0.15, 0.2) is 0 Å². The van der Waals surface area contributed by atoms with E-state index in [0.29, 0.717) is 6.04 Å². The molecule has 1 aliphatic rings. The molecule has 1 aromatic carbocycles. The molecule has 0 spiro atoms. The fourth-order valence-electron chi connectivity index (χ4n) is 3.03. The first-order valence-electron chi connectivity index (χ1n) is 7.80. The van der Waals surface area contributed by atoms with E-state index in [4.69, 9.17) is 0 Å². The van der Waals surface area contributed by atoms with Crippen LogP contribution < -0.4 is 5.32 Å². The van der Waals surface area contributed by atoms with Crippen LogP contribution in [-0.2, 0) is 0 Å². The van der Waals surface area contributed by atoms with E-state index in [0.717, 1.165) is 19.6 Å². The van der Waals surface area contributed by atoms with Gasteiger partial charge in [0, 0.05) is 24.5 Å². The van der Waals surface area contributed by atoms with Crippen LogP contribution in [-0.4, -0.2) is 31.1 Å². The Morgan fingerprint density at radius 3 is 2.57 bits per heavy atom. The highest BCUT2D eigenvalue weighted by atomic mass is 32.1. The van der Waals surface area contributed by atoms with Gasteiger partial charge in [0.2, 0.25) is 0 Å². The fourth-order valence-corrected chi connectivity index (χ4v) is 4.08. The Morgan fingerprint density at radius 2 is 1.86 bits per heavy atom. The minimum atomic E-state index is 0.407. The molecule has 0 bridgehead atoms. The molecule has 0 radical (unpaired) electrons. The molecule has 2 heterocycles. The van der Waals surface area contributed by atoms with Crippen molar-refractivity contribution in [3.05, 3.63) is 57.3 Å². The molecule has 3 heteroatoms. The largest absolute Gasteiger partial charge is 0.315 e. The van der Waals surface area contributed by atoms with Gasteiger partial charge in [-0.05, 0) is 49.4 Å². The Kier molecular flexibility index (Phi) is 4.73.